The molecule has 0 spiro atoms. The van der Waals surface area contributed by atoms with Gasteiger partial charge in [0.1, 0.15) is 5.76 Å². The molecule has 3 heteroatoms. The summed E-state index contributed by atoms with van der Waals surface area (Å²) in [6.07, 6.45) is 7.08. The molecule has 1 heterocycles. The van der Waals surface area contributed by atoms with Gasteiger partial charge in [0.25, 0.3) is 0 Å². The van der Waals surface area contributed by atoms with E-state index in [-0.39, 0.29) is 0 Å². The van der Waals surface area contributed by atoms with Gasteiger partial charge in [-0.1, -0.05) is 6.92 Å². The highest BCUT2D eigenvalue weighted by Gasteiger charge is 2.19. The molecule has 0 saturated heterocycles. The number of rotatable bonds is 4. The van der Waals surface area contributed by atoms with Crippen LogP contribution in [0.15, 0.2) is 16.7 Å². The number of ether oxygens (including phenoxy) is 1. The Morgan fingerprint density at radius 2 is 2.12 bits per heavy atom. The van der Waals surface area contributed by atoms with Crippen molar-refractivity contribution in [2.75, 3.05) is 0 Å². The van der Waals surface area contributed by atoms with Crippen molar-refractivity contribution in [2.45, 2.75) is 51.9 Å². The lowest BCUT2D eigenvalue weighted by Crippen LogP contribution is -2.20. The van der Waals surface area contributed by atoms with Crippen molar-refractivity contribution in [3.63, 3.8) is 0 Å². The van der Waals surface area contributed by atoms with Crippen molar-refractivity contribution >= 4 is 0 Å². The number of hydrogen-bond acceptors (Lipinski definition) is 3. The van der Waals surface area contributed by atoms with E-state index < -0.39 is 0 Å². The number of hydrogen-bond donors (Lipinski definition) is 1. The maximum absolute atomic E-state index is 5.90. The van der Waals surface area contributed by atoms with Gasteiger partial charge in [0.05, 0.1) is 25.5 Å². The van der Waals surface area contributed by atoms with Crippen LogP contribution in [0.5, 0.6) is 0 Å². The van der Waals surface area contributed by atoms with Gasteiger partial charge < -0.3 is 14.9 Å². The number of nitrogens with two attached hydrogens (primary N) is 1. The Morgan fingerprint density at radius 3 is 2.81 bits per heavy atom. The van der Waals surface area contributed by atoms with Gasteiger partial charge in [-0.25, -0.2) is 0 Å². The van der Waals surface area contributed by atoms with E-state index in [4.69, 9.17) is 14.9 Å². The van der Waals surface area contributed by atoms with E-state index in [2.05, 4.69) is 6.92 Å². The second kappa shape index (κ2) is 5.51. The van der Waals surface area contributed by atoms with Crippen molar-refractivity contribution in [2.24, 2.45) is 11.7 Å². The minimum Gasteiger partial charge on any atom is -0.468 e. The molecule has 0 aromatic carbocycles. The van der Waals surface area contributed by atoms with E-state index in [0.717, 1.165) is 17.2 Å². The summed E-state index contributed by atoms with van der Waals surface area (Å²) in [5.41, 5.74) is 6.67. The zero-order valence-electron chi connectivity index (χ0n) is 9.95. The summed E-state index contributed by atoms with van der Waals surface area (Å²) in [5.74, 6) is 1.72. The van der Waals surface area contributed by atoms with Crippen LogP contribution in [0.3, 0.4) is 0 Å². The van der Waals surface area contributed by atoms with Crippen LogP contribution < -0.4 is 5.73 Å². The van der Waals surface area contributed by atoms with Gasteiger partial charge in [0, 0.05) is 5.56 Å². The van der Waals surface area contributed by atoms with Gasteiger partial charge in [0.2, 0.25) is 0 Å². The van der Waals surface area contributed by atoms with E-state index in [0.29, 0.717) is 19.3 Å². The summed E-state index contributed by atoms with van der Waals surface area (Å²) in [7, 11) is 0. The molecule has 3 nitrogen and oxygen atoms in total. The predicted octanol–water partition coefficient (Wildman–Crippen LogP) is 2.83. The molecule has 0 atom stereocenters. The third kappa shape index (κ3) is 2.86. The molecular weight excluding hydrogens is 202 g/mol. The monoisotopic (exact) mass is 223 g/mol. The molecule has 0 bridgehead atoms. The molecule has 1 fully saturated rings. The molecular formula is C13H21NO2. The maximum atomic E-state index is 5.90. The fraction of sp³-hybridized carbons (Fsp3) is 0.692. The normalized spacial score (nSPS) is 25.9. The van der Waals surface area contributed by atoms with Crippen molar-refractivity contribution in [1.82, 2.24) is 0 Å². The lowest BCUT2D eigenvalue weighted by Gasteiger charge is -2.26. The minimum atomic E-state index is 0.428. The van der Waals surface area contributed by atoms with Crippen molar-refractivity contribution in [3.8, 4) is 0 Å². The van der Waals surface area contributed by atoms with Crippen molar-refractivity contribution < 1.29 is 9.15 Å². The van der Waals surface area contributed by atoms with E-state index in [9.17, 15) is 0 Å². The fourth-order valence-corrected chi connectivity index (χ4v) is 2.28. The van der Waals surface area contributed by atoms with Crippen molar-refractivity contribution in [3.05, 3.63) is 23.7 Å². The Hall–Kier alpha value is -0.800. The Morgan fingerprint density at radius 1 is 1.38 bits per heavy atom. The zero-order valence-corrected chi connectivity index (χ0v) is 9.95. The predicted molar refractivity (Wildman–Crippen MR) is 62.8 cm³/mol. The molecule has 1 aliphatic carbocycles. The van der Waals surface area contributed by atoms with Crippen LogP contribution >= 0.6 is 0 Å². The molecule has 16 heavy (non-hydrogen) atoms. The summed E-state index contributed by atoms with van der Waals surface area (Å²) in [5, 5.41) is 0. The lowest BCUT2D eigenvalue weighted by molar-refractivity contribution is 0.00820. The van der Waals surface area contributed by atoms with Crippen LogP contribution in [-0.4, -0.2) is 6.10 Å². The zero-order chi connectivity index (χ0) is 11.4. The third-order valence-corrected chi connectivity index (χ3v) is 3.46. The second-order valence-electron chi connectivity index (χ2n) is 4.77. The average molecular weight is 223 g/mol. The van der Waals surface area contributed by atoms with Gasteiger partial charge in [-0.3, -0.25) is 0 Å². The van der Waals surface area contributed by atoms with Gasteiger partial charge >= 0.3 is 0 Å². The molecule has 2 rings (SSSR count). The van der Waals surface area contributed by atoms with E-state index in [1.54, 1.807) is 6.26 Å². The average Bonchev–Trinajstić information content (AvgIpc) is 2.76. The molecule has 1 aromatic heterocycles. The van der Waals surface area contributed by atoms with E-state index in [1.165, 1.54) is 25.7 Å². The van der Waals surface area contributed by atoms with Crippen LogP contribution in [0.2, 0.25) is 0 Å². The van der Waals surface area contributed by atoms with E-state index >= 15 is 0 Å². The highest BCUT2D eigenvalue weighted by atomic mass is 16.5. The summed E-state index contributed by atoms with van der Waals surface area (Å²) in [6, 6.07) is 1.95. The van der Waals surface area contributed by atoms with Crippen LogP contribution in [-0.2, 0) is 17.9 Å². The first-order chi connectivity index (χ1) is 7.79. The Labute approximate surface area is 97.0 Å². The first-order valence-electron chi connectivity index (χ1n) is 6.16. The summed E-state index contributed by atoms with van der Waals surface area (Å²) in [6.45, 7) is 3.41. The minimum absolute atomic E-state index is 0.428. The Kier molecular flexibility index (Phi) is 4.02. The van der Waals surface area contributed by atoms with Gasteiger partial charge in [0.15, 0.2) is 0 Å². The number of furan rings is 1. The molecule has 90 valence electrons. The first-order valence-corrected chi connectivity index (χ1v) is 6.16. The highest BCUT2D eigenvalue weighted by molar-refractivity contribution is 5.15. The third-order valence-electron chi connectivity index (χ3n) is 3.46. The smallest absolute Gasteiger partial charge is 0.122 e. The van der Waals surface area contributed by atoms with Gasteiger partial charge in [-0.05, 0) is 37.7 Å². The topological polar surface area (TPSA) is 48.4 Å². The van der Waals surface area contributed by atoms with Gasteiger partial charge in [-0.15, -0.1) is 0 Å². The fourth-order valence-electron chi connectivity index (χ4n) is 2.28. The molecule has 2 N–H and O–H groups in total. The highest BCUT2D eigenvalue weighted by Crippen LogP contribution is 2.26. The quantitative estimate of drug-likeness (QED) is 0.853. The summed E-state index contributed by atoms with van der Waals surface area (Å²) in [4.78, 5) is 0. The molecule has 1 saturated carbocycles. The Bertz CT molecular complexity index is 313. The molecule has 0 unspecified atom stereocenters. The SMILES string of the molecule is CC1CCC(OCc2ccoc2CN)CC1. The van der Waals surface area contributed by atoms with Crippen LogP contribution in [0.1, 0.15) is 43.9 Å². The largest absolute Gasteiger partial charge is 0.468 e. The van der Waals surface area contributed by atoms with Gasteiger partial charge in [-0.2, -0.15) is 0 Å². The van der Waals surface area contributed by atoms with Crippen LogP contribution in [0.4, 0.5) is 0 Å². The van der Waals surface area contributed by atoms with Crippen LogP contribution in [0.25, 0.3) is 0 Å². The van der Waals surface area contributed by atoms with Crippen molar-refractivity contribution in [1.29, 1.82) is 0 Å². The standard InChI is InChI=1S/C13H21NO2/c1-10-2-4-12(5-3-10)16-9-11-6-7-15-13(11)8-14/h6-7,10,12H,2-5,8-9,14H2,1H3. The van der Waals surface area contributed by atoms with Crippen LogP contribution in [0, 0.1) is 5.92 Å². The second-order valence-corrected chi connectivity index (χ2v) is 4.77. The molecule has 0 radical (unpaired) electrons. The molecule has 0 aliphatic heterocycles. The maximum Gasteiger partial charge on any atom is 0.122 e. The Balaban J connectivity index is 1.79. The summed E-state index contributed by atoms with van der Waals surface area (Å²) >= 11 is 0. The van der Waals surface area contributed by atoms with E-state index in [1.807, 2.05) is 6.07 Å². The lowest BCUT2D eigenvalue weighted by atomic mass is 9.89. The molecule has 1 aromatic rings. The summed E-state index contributed by atoms with van der Waals surface area (Å²) < 4.78 is 11.2. The molecule has 1 aliphatic rings. The first kappa shape index (κ1) is 11.7. The molecule has 0 amide bonds.